The molecular weight excluding hydrogens is 241 g/mol. The van der Waals surface area contributed by atoms with E-state index in [4.69, 9.17) is 20.3 Å². The number of halogens is 1. The van der Waals surface area contributed by atoms with E-state index in [1.54, 1.807) is 0 Å². The molecule has 0 bridgehead atoms. The van der Waals surface area contributed by atoms with Gasteiger partial charge in [-0.3, -0.25) is 4.79 Å². The number of carbonyl (C=O) groups is 1. The van der Waals surface area contributed by atoms with Gasteiger partial charge in [-0.2, -0.15) is 0 Å². The molecule has 5 nitrogen and oxygen atoms in total. The molecule has 0 aromatic heterocycles. The molecule has 1 aromatic rings. The number of methoxy groups -OCH3 is 2. The molecule has 0 fully saturated rings. The molecule has 0 amide bonds. The van der Waals surface area contributed by atoms with Gasteiger partial charge in [-0.1, -0.05) is 0 Å². The minimum Gasteiger partial charge on any atom is -0.496 e. The summed E-state index contributed by atoms with van der Waals surface area (Å²) in [6, 6.07) is 1.79. The van der Waals surface area contributed by atoms with Crippen LogP contribution in [0.15, 0.2) is 12.1 Å². The van der Waals surface area contributed by atoms with Crippen LogP contribution in [0.5, 0.6) is 11.5 Å². The van der Waals surface area contributed by atoms with Gasteiger partial charge in [0.25, 0.3) is 0 Å². The minimum absolute atomic E-state index is 0.0785. The topological polar surface area (TPSA) is 81.8 Å². The third kappa shape index (κ3) is 3.33. The Hall–Kier alpha value is -1.82. The van der Waals surface area contributed by atoms with Crippen molar-refractivity contribution >= 4 is 5.97 Å². The van der Waals surface area contributed by atoms with Crippen LogP contribution in [0.2, 0.25) is 0 Å². The molecule has 1 atom stereocenters. The quantitative estimate of drug-likeness (QED) is 0.810. The van der Waals surface area contributed by atoms with E-state index in [2.05, 4.69) is 0 Å². The fourth-order valence-corrected chi connectivity index (χ4v) is 1.70. The monoisotopic (exact) mass is 257 g/mol. The van der Waals surface area contributed by atoms with Crippen molar-refractivity contribution in [1.82, 2.24) is 0 Å². The molecule has 18 heavy (non-hydrogen) atoms. The first-order chi connectivity index (χ1) is 8.49. The first-order valence-electron chi connectivity index (χ1n) is 5.38. The zero-order valence-corrected chi connectivity index (χ0v) is 10.3. The van der Waals surface area contributed by atoms with Gasteiger partial charge in [0.1, 0.15) is 17.3 Å². The maximum Gasteiger partial charge on any atom is 0.303 e. The smallest absolute Gasteiger partial charge is 0.303 e. The lowest BCUT2D eigenvalue weighted by atomic mass is 10.0. The van der Waals surface area contributed by atoms with Gasteiger partial charge >= 0.3 is 5.97 Å². The third-order valence-corrected chi connectivity index (χ3v) is 2.55. The number of hydrogen-bond acceptors (Lipinski definition) is 4. The van der Waals surface area contributed by atoms with Crippen molar-refractivity contribution in [3.05, 3.63) is 23.5 Å². The lowest BCUT2D eigenvalue weighted by Crippen LogP contribution is -2.15. The Bertz CT molecular complexity index is 411. The van der Waals surface area contributed by atoms with Crippen LogP contribution in [0, 0.1) is 5.82 Å². The molecule has 1 unspecified atom stereocenters. The van der Waals surface area contributed by atoms with Crippen LogP contribution >= 0.6 is 0 Å². The number of ether oxygens (including phenoxy) is 2. The maximum atomic E-state index is 13.3. The van der Waals surface area contributed by atoms with Crippen molar-refractivity contribution in [2.45, 2.75) is 18.9 Å². The molecular formula is C12H16FNO4. The molecule has 0 saturated carbocycles. The van der Waals surface area contributed by atoms with E-state index in [9.17, 15) is 9.18 Å². The highest BCUT2D eigenvalue weighted by molar-refractivity contribution is 5.66. The highest BCUT2D eigenvalue weighted by atomic mass is 19.1. The molecule has 6 heteroatoms. The Kier molecular flexibility index (Phi) is 4.91. The average Bonchev–Trinajstić information content (AvgIpc) is 2.34. The molecule has 0 spiro atoms. The van der Waals surface area contributed by atoms with E-state index in [1.165, 1.54) is 26.4 Å². The van der Waals surface area contributed by atoms with E-state index in [-0.39, 0.29) is 24.3 Å². The lowest BCUT2D eigenvalue weighted by molar-refractivity contribution is -0.137. The normalized spacial score (nSPS) is 12.0. The zero-order chi connectivity index (χ0) is 13.7. The van der Waals surface area contributed by atoms with Gasteiger partial charge in [0.2, 0.25) is 0 Å². The van der Waals surface area contributed by atoms with E-state index < -0.39 is 17.8 Å². The zero-order valence-electron chi connectivity index (χ0n) is 10.3. The van der Waals surface area contributed by atoms with E-state index in [1.807, 2.05) is 0 Å². The Balaban J connectivity index is 3.07. The van der Waals surface area contributed by atoms with Crippen molar-refractivity contribution in [2.75, 3.05) is 14.2 Å². The molecule has 1 rings (SSSR count). The summed E-state index contributed by atoms with van der Waals surface area (Å²) in [5.74, 6) is -0.933. The van der Waals surface area contributed by atoms with Crippen molar-refractivity contribution in [1.29, 1.82) is 0 Å². The number of benzene rings is 1. The molecule has 0 aliphatic rings. The van der Waals surface area contributed by atoms with Gasteiger partial charge in [-0.05, 0) is 6.42 Å². The summed E-state index contributed by atoms with van der Waals surface area (Å²) in [6.45, 7) is 0. The molecule has 0 aliphatic carbocycles. The van der Waals surface area contributed by atoms with Crippen LogP contribution in [0.1, 0.15) is 24.4 Å². The first kappa shape index (κ1) is 14.2. The van der Waals surface area contributed by atoms with Gasteiger partial charge in [-0.15, -0.1) is 0 Å². The Labute approximate surface area is 104 Å². The van der Waals surface area contributed by atoms with Crippen LogP contribution in [-0.2, 0) is 4.79 Å². The summed E-state index contributed by atoms with van der Waals surface area (Å²) in [7, 11) is 2.78. The first-order valence-corrected chi connectivity index (χ1v) is 5.38. The lowest BCUT2D eigenvalue weighted by Gasteiger charge is -2.18. The second-order valence-corrected chi connectivity index (χ2v) is 3.76. The van der Waals surface area contributed by atoms with Crippen LogP contribution < -0.4 is 15.2 Å². The Morgan fingerprint density at radius 3 is 2.28 bits per heavy atom. The van der Waals surface area contributed by atoms with Gasteiger partial charge in [0, 0.05) is 24.6 Å². The van der Waals surface area contributed by atoms with Crippen LogP contribution in [-0.4, -0.2) is 25.3 Å². The second kappa shape index (κ2) is 6.20. The largest absolute Gasteiger partial charge is 0.496 e. The summed E-state index contributed by atoms with van der Waals surface area (Å²) in [4.78, 5) is 10.5. The van der Waals surface area contributed by atoms with E-state index in [0.29, 0.717) is 5.56 Å². The second-order valence-electron chi connectivity index (χ2n) is 3.76. The van der Waals surface area contributed by atoms with Gasteiger partial charge in [-0.25, -0.2) is 4.39 Å². The molecule has 1 aromatic carbocycles. The van der Waals surface area contributed by atoms with Crippen molar-refractivity contribution < 1.29 is 23.8 Å². The molecule has 3 N–H and O–H groups in total. The summed E-state index contributed by atoms with van der Waals surface area (Å²) in [5, 5.41) is 8.63. The molecule has 0 saturated heterocycles. The highest BCUT2D eigenvalue weighted by Crippen LogP contribution is 2.35. The van der Waals surface area contributed by atoms with Crippen molar-refractivity contribution in [2.24, 2.45) is 5.73 Å². The van der Waals surface area contributed by atoms with Crippen molar-refractivity contribution in [3.8, 4) is 11.5 Å². The summed E-state index contributed by atoms with van der Waals surface area (Å²) < 4.78 is 23.4. The maximum absolute atomic E-state index is 13.3. The van der Waals surface area contributed by atoms with Crippen molar-refractivity contribution in [3.63, 3.8) is 0 Å². The van der Waals surface area contributed by atoms with Crippen LogP contribution in [0.25, 0.3) is 0 Å². The highest BCUT2D eigenvalue weighted by Gasteiger charge is 2.20. The fourth-order valence-electron chi connectivity index (χ4n) is 1.70. The summed E-state index contributed by atoms with van der Waals surface area (Å²) in [6.07, 6.45) is 0.137. The predicted octanol–water partition coefficient (Wildman–Crippen LogP) is 1.71. The van der Waals surface area contributed by atoms with Crippen LogP contribution in [0.4, 0.5) is 4.39 Å². The standard InChI is InChI=1S/C12H16FNO4/c1-17-9-5-7(13)6-10(18-2)12(9)8(14)3-4-11(15)16/h5-6,8H,3-4,14H2,1-2H3,(H,15,16). The van der Waals surface area contributed by atoms with E-state index >= 15 is 0 Å². The number of rotatable bonds is 6. The molecule has 0 aliphatic heterocycles. The third-order valence-electron chi connectivity index (χ3n) is 2.55. The Morgan fingerprint density at radius 1 is 1.39 bits per heavy atom. The minimum atomic E-state index is -0.939. The molecule has 0 heterocycles. The van der Waals surface area contributed by atoms with Gasteiger partial charge in [0.05, 0.1) is 19.8 Å². The number of aliphatic carboxylic acids is 1. The number of carboxylic acid groups (broad SMARTS) is 1. The predicted molar refractivity (Wildman–Crippen MR) is 63.3 cm³/mol. The number of carboxylic acids is 1. The average molecular weight is 257 g/mol. The summed E-state index contributed by atoms with van der Waals surface area (Å²) >= 11 is 0. The molecule has 100 valence electrons. The number of nitrogens with two attached hydrogens (primary N) is 1. The van der Waals surface area contributed by atoms with E-state index in [0.717, 1.165) is 0 Å². The van der Waals surface area contributed by atoms with Gasteiger partial charge in [0.15, 0.2) is 0 Å². The summed E-state index contributed by atoms with van der Waals surface area (Å²) in [5.41, 5.74) is 6.38. The number of hydrogen-bond donors (Lipinski definition) is 2. The SMILES string of the molecule is COc1cc(F)cc(OC)c1C(N)CCC(=O)O. The fraction of sp³-hybridized carbons (Fsp3) is 0.417. The van der Waals surface area contributed by atoms with Gasteiger partial charge < -0.3 is 20.3 Å². The Morgan fingerprint density at radius 2 is 1.89 bits per heavy atom. The molecule has 0 radical (unpaired) electrons. The van der Waals surface area contributed by atoms with Crippen LogP contribution in [0.3, 0.4) is 0 Å².